The maximum atomic E-state index is 12.8. The average molecular weight is 375 g/mol. The Morgan fingerprint density at radius 2 is 1.93 bits per heavy atom. The van der Waals surface area contributed by atoms with E-state index >= 15 is 0 Å². The Bertz CT molecular complexity index is 668. The molecule has 7 heteroatoms. The Kier molecular flexibility index (Phi) is 5.89. The highest BCUT2D eigenvalue weighted by atomic mass is 16.5. The Morgan fingerprint density at radius 3 is 2.52 bits per heavy atom. The van der Waals surface area contributed by atoms with Gasteiger partial charge in [-0.05, 0) is 44.0 Å². The summed E-state index contributed by atoms with van der Waals surface area (Å²) in [5.74, 6) is 0.685. The molecule has 2 aliphatic heterocycles. The van der Waals surface area contributed by atoms with Gasteiger partial charge < -0.3 is 24.6 Å². The Balaban J connectivity index is 1.70. The van der Waals surface area contributed by atoms with Gasteiger partial charge in [-0.1, -0.05) is 0 Å². The van der Waals surface area contributed by atoms with E-state index in [1.807, 2.05) is 31.2 Å². The largest absolute Gasteiger partial charge is 0.494 e. The standard InChI is InChI=1S/C20H29N3O4/c1-4-27-16-7-5-15(6-8-16)21-19(25)23-13-17(18(24)22(2)3)20(14-23)9-11-26-12-10-20/h5-8,17H,4,9-14H2,1-3H3,(H,21,25). The molecular weight excluding hydrogens is 346 g/mol. The van der Waals surface area contributed by atoms with E-state index < -0.39 is 0 Å². The van der Waals surface area contributed by atoms with Crippen molar-refractivity contribution in [1.29, 1.82) is 0 Å². The lowest BCUT2D eigenvalue weighted by molar-refractivity contribution is -0.138. The Labute approximate surface area is 160 Å². The molecule has 2 aliphatic rings. The number of likely N-dealkylation sites (tertiary alicyclic amines) is 1. The summed E-state index contributed by atoms with van der Waals surface area (Å²) in [6.07, 6.45) is 1.62. The molecule has 148 valence electrons. The number of hydrogen-bond acceptors (Lipinski definition) is 4. The highest BCUT2D eigenvalue weighted by molar-refractivity contribution is 5.90. The van der Waals surface area contributed by atoms with Crippen LogP contribution in [0.4, 0.5) is 10.5 Å². The van der Waals surface area contributed by atoms with Gasteiger partial charge in [0.05, 0.1) is 12.5 Å². The maximum Gasteiger partial charge on any atom is 0.321 e. The van der Waals surface area contributed by atoms with E-state index in [2.05, 4.69) is 5.32 Å². The van der Waals surface area contributed by atoms with Crippen molar-refractivity contribution >= 4 is 17.6 Å². The molecular formula is C20H29N3O4. The van der Waals surface area contributed by atoms with E-state index in [1.54, 1.807) is 23.9 Å². The molecule has 0 saturated carbocycles. The van der Waals surface area contributed by atoms with E-state index in [-0.39, 0.29) is 23.3 Å². The van der Waals surface area contributed by atoms with E-state index in [1.165, 1.54) is 0 Å². The molecule has 2 saturated heterocycles. The minimum Gasteiger partial charge on any atom is -0.494 e. The van der Waals surface area contributed by atoms with Crippen molar-refractivity contribution in [3.8, 4) is 5.75 Å². The number of urea groups is 1. The highest BCUT2D eigenvalue weighted by Gasteiger charge is 2.52. The van der Waals surface area contributed by atoms with Gasteiger partial charge in [0.15, 0.2) is 0 Å². The zero-order chi connectivity index (χ0) is 19.4. The number of nitrogens with zero attached hydrogens (tertiary/aromatic N) is 2. The number of carbonyl (C=O) groups excluding carboxylic acids is 2. The highest BCUT2D eigenvalue weighted by Crippen LogP contribution is 2.45. The van der Waals surface area contributed by atoms with Crippen LogP contribution in [0.25, 0.3) is 0 Å². The summed E-state index contributed by atoms with van der Waals surface area (Å²) in [5.41, 5.74) is 0.530. The van der Waals surface area contributed by atoms with Crippen LogP contribution < -0.4 is 10.1 Å². The Hall–Kier alpha value is -2.28. The number of benzene rings is 1. The molecule has 1 N–H and O–H groups in total. The number of carbonyl (C=O) groups is 2. The van der Waals surface area contributed by atoms with Gasteiger partial charge in [0.25, 0.3) is 0 Å². The van der Waals surface area contributed by atoms with Gasteiger partial charge in [0.2, 0.25) is 5.91 Å². The number of ether oxygens (including phenoxy) is 2. The van der Waals surface area contributed by atoms with Crippen LogP contribution in [0.3, 0.4) is 0 Å². The molecule has 0 aliphatic carbocycles. The van der Waals surface area contributed by atoms with Crippen molar-refractivity contribution in [2.45, 2.75) is 19.8 Å². The summed E-state index contributed by atoms with van der Waals surface area (Å²) in [5, 5.41) is 2.94. The molecule has 1 unspecified atom stereocenters. The summed E-state index contributed by atoms with van der Waals surface area (Å²) < 4.78 is 10.9. The molecule has 1 atom stereocenters. The average Bonchev–Trinajstić information content (AvgIpc) is 3.02. The smallest absolute Gasteiger partial charge is 0.321 e. The van der Waals surface area contributed by atoms with Crippen molar-refractivity contribution in [2.75, 3.05) is 52.3 Å². The van der Waals surface area contributed by atoms with Crippen LogP contribution in [-0.4, -0.2) is 68.7 Å². The second-order valence-corrected chi connectivity index (χ2v) is 7.53. The fourth-order valence-corrected chi connectivity index (χ4v) is 4.06. The first-order valence-electron chi connectivity index (χ1n) is 9.53. The number of amides is 3. The van der Waals surface area contributed by atoms with Crippen molar-refractivity contribution in [3.63, 3.8) is 0 Å². The van der Waals surface area contributed by atoms with Crippen LogP contribution in [0.5, 0.6) is 5.75 Å². The van der Waals surface area contributed by atoms with Crippen molar-refractivity contribution in [1.82, 2.24) is 9.80 Å². The van der Waals surface area contributed by atoms with Gasteiger partial charge in [-0.15, -0.1) is 0 Å². The molecule has 3 rings (SSSR count). The van der Waals surface area contributed by atoms with Gasteiger partial charge in [-0.2, -0.15) is 0 Å². The molecule has 2 fully saturated rings. The number of anilines is 1. The summed E-state index contributed by atoms with van der Waals surface area (Å²) in [7, 11) is 3.55. The van der Waals surface area contributed by atoms with Crippen LogP contribution in [0.2, 0.25) is 0 Å². The first kappa shape index (κ1) is 19.5. The molecule has 0 bridgehead atoms. The van der Waals surface area contributed by atoms with E-state index in [4.69, 9.17) is 9.47 Å². The zero-order valence-electron chi connectivity index (χ0n) is 16.4. The van der Waals surface area contributed by atoms with Crippen molar-refractivity contribution in [2.24, 2.45) is 11.3 Å². The molecule has 1 spiro atoms. The third kappa shape index (κ3) is 4.18. The summed E-state index contributed by atoms with van der Waals surface area (Å²) in [6.45, 7) is 4.85. The monoisotopic (exact) mass is 375 g/mol. The topological polar surface area (TPSA) is 71.1 Å². The number of hydrogen-bond donors (Lipinski definition) is 1. The minimum atomic E-state index is -0.185. The predicted molar refractivity (Wildman–Crippen MR) is 103 cm³/mol. The second kappa shape index (κ2) is 8.17. The first-order chi connectivity index (χ1) is 12.9. The van der Waals surface area contributed by atoms with Crippen LogP contribution in [-0.2, 0) is 9.53 Å². The summed E-state index contributed by atoms with van der Waals surface area (Å²) in [6, 6.07) is 7.15. The second-order valence-electron chi connectivity index (χ2n) is 7.53. The van der Waals surface area contributed by atoms with Crippen molar-refractivity contribution in [3.05, 3.63) is 24.3 Å². The molecule has 1 aromatic carbocycles. The number of rotatable bonds is 4. The fourth-order valence-electron chi connectivity index (χ4n) is 4.06. The number of nitrogens with one attached hydrogen (secondary N) is 1. The van der Waals surface area contributed by atoms with E-state index in [0.717, 1.165) is 18.6 Å². The summed E-state index contributed by atoms with van der Waals surface area (Å²) >= 11 is 0. The van der Waals surface area contributed by atoms with Crippen LogP contribution in [0.1, 0.15) is 19.8 Å². The normalized spacial score (nSPS) is 21.1. The molecule has 1 aromatic rings. The molecule has 0 radical (unpaired) electrons. The van der Waals surface area contributed by atoms with Gasteiger partial charge in [0, 0.05) is 51.5 Å². The van der Waals surface area contributed by atoms with Crippen LogP contribution in [0, 0.1) is 11.3 Å². The first-order valence-corrected chi connectivity index (χ1v) is 9.53. The minimum absolute atomic E-state index is 0.0910. The molecule has 3 amide bonds. The lowest BCUT2D eigenvalue weighted by Gasteiger charge is -2.37. The van der Waals surface area contributed by atoms with Crippen LogP contribution in [0.15, 0.2) is 24.3 Å². The van der Waals surface area contributed by atoms with E-state index in [0.29, 0.717) is 38.6 Å². The fraction of sp³-hybridized carbons (Fsp3) is 0.600. The van der Waals surface area contributed by atoms with Gasteiger partial charge in [-0.25, -0.2) is 4.79 Å². The van der Waals surface area contributed by atoms with Crippen molar-refractivity contribution < 1.29 is 19.1 Å². The quantitative estimate of drug-likeness (QED) is 0.877. The lowest BCUT2D eigenvalue weighted by Crippen LogP contribution is -2.44. The molecule has 7 nitrogen and oxygen atoms in total. The zero-order valence-corrected chi connectivity index (χ0v) is 16.4. The third-order valence-corrected chi connectivity index (χ3v) is 5.58. The molecule has 2 heterocycles. The lowest BCUT2D eigenvalue weighted by atomic mass is 9.71. The van der Waals surface area contributed by atoms with Crippen LogP contribution >= 0.6 is 0 Å². The summed E-state index contributed by atoms with van der Waals surface area (Å²) in [4.78, 5) is 29.0. The molecule has 0 aromatic heterocycles. The Morgan fingerprint density at radius 1 is 1.26 bits per heavy atom. The van der Waals surface area contributed by atoms with Gasteiger partial charge >= 0.3 is 6.03 Å². The predicted octanol–water partition coefficient (Wildman–Crippen LogP) is 2.43. The molecule has 27 heavy (non-hydrogen) atoms. The van der Waals surface area contributed by atoms with Gasteiger partial charge in [-0.3, -0.25) is 4.79 Å². The third-order valence-electron chi connectivity index (χ3n) is 5.58. The SMILES string of the molecule is CCOc1ccc(NC(=O)N2CC(C(=O)N(C)C)C3(CCOCC3)C2)cc1. The maximum absolute atomic E-state index is 12.8. The van der Waals surface area contributed by atoms with E-state index in [9.17, 15) is 9.59 Å². The van der Waals surface area contributed by atoms with Gasteiger partial charge in [0.1, 0.15) is 5.75 Å².